The summed E-state index contributed by atoms with van der Waals surface area (Å²) in [5, 5.41) is 5.09. The van der Waals surface area contributed by atoms with Gasteiger partial charge in [0, 0.05) is 15.4 Å². The Bertz CT molecular complexity index is 544. The molecule has 6 heteroatoms. The Kier molecular flexibility index (Phi) is 3.91. The lowest BCUT2D eigenvalue weighted by Crippen LogP contribution is -2.02. The van der Waals surface area contributed by atoms with Gasteiger partial charge in [0.1, 0.15) is 5.82 Å². The van der Waals surface area contributed by atoms with Gasteiger partial charge in [-0.3, -0.25) is 0 Å². The van der Waals surface area contributed by atoms with Gasteiger partial charge in [-0.1, -0.05) is 11.6 Å². The standard InChI is InChI=1S/C11H9BrClFN2S/c12-6-1-2-17-11(6)5-16-10-4-8(14)7(13)3-9(10)15/h1-4,16H,5,15H2. The van der Waals surface area contributed by atoms with Crippen LogP contribution in [-0.4, -0.2) is 0 Å². The van der Waals surface area contributed by atoms with Crippen LogP contribution in [0.2, 0.25) is 5.02 Å². The van der Waals surface area contributed by atoms with Crippen molar-refractivity contribution in [2.75, 3.05) is 11.1 Å². The lowest BCUT2D eigenvalue weighted by molar-refractivity contribution is 0.629. The molecule has 0 spiro atoms. The normalized spacial score (nSPS) is 10.5. The SMILES string of the molecule is Nc1cc(Cl)c(F)cc1NCc1sccc1Br. The number of nitrogens with two attached hydrogens (primary N) is 1. The number of benzene rings is 1. The number of thiophene rings is 1. The Morgan fingerprint density at radius 1 is 1.47 bits per heavy atom. The monoisotopic (exact) mass is 334 g/mol. The first-order valence-electron chi connectivity index (χ1n) is 4.78. The number of nitrogens with one attached hydrogen (secondary N) is 1. The maximum Gasteiger partial charge on any atom is 0.143 e. The van der Waals surface area contributed by atoms with Crippen molar-refractivity contribution in [1.29, 1.82) is 0 Å². The van der Waals surface area contributed by atoms with E-state index in [4.69, 9.17) is 17.3 Å². The smallest absolute Gasteiger partial charge is 0.143 e. The molecule has 2 rings (SSSR count). The second-order valence-electron chi connectivity index (χ2n) is 3.40. The predicted molar refractivity (Wildman–Crippen MR) is 75.2 cm³/mol. The van der Waals surface area contributed by atoms with Crippen molar-refractivity contribution >= 4 is 50.2 Å². The van der Waals surface area contributed by atoms with Crippen LogP contribution in [0.1, 0.15) is 4.88 Å². The Morgan fingerprint density at radius 3 is 2.88 bits per heavy atom. The molecule has 0 bridgehead atoms. The minimum absolute atomic E-state index is 0.0327. The summed E-state index contributed by atoms with van der Waals surface area (Å²) >= 11 is 10.7. The largest absolute Gasteiger partial charge is 0.397 e. The lowest BCUT2D eigenvalue weighted by Gasteiger charge is -2.09. The molecule has 1 heterocycles. The molecular formula is C11H9BrClFN2S. The van der Waals surface area contributed by atoms with E-state index in [1.807, 2.05) is 11.4 Å². The van der Waals surface area contributed by atoms with E-state index >= 15 is 0 Å². The number of anilines is 2. The average Bonchev–Trinajstić information content (AvgIpc) is 2.68. The molecule has 1 aromatic heterocycles. The molecule has 2 nitrogen and oxygen atoms in total. The van der Waals surface area contributed by atoms with E-state index in [2.05, 4.69) is 21.2 Å². The van der Waals surface area contributed by atoms with Crippen molar-refractivity contribution < 1.29 is 4.39 Å². The van der Waals surface area contributed by atoms with Crippen molar-refractivity contribution in [1.82, 2.24) is 0 Å². The van der Waals surface area contributed by atoms with Gasteiger partial charge in [0.15, 0.2) is 0 Å². The first-order valence-corrected chi connectivity index (χ1v) is 6.83. The molecule has 3 N–H and O–H groups in total. The number of hydrogen-bond donors (Lipinski definition) is 2. The lowest BCUT2D eigenvalue weighted by atomic mass is 10.2. The third-order valence-corrected chi connectivity index (χ3v) is 4.44. The molecule has 0 radical (unpaired) electrons. The van der Waals surface area contributed by atoms with Crippen molar-refractivity contribution in [3.63, 3.8) is 0 Å². The number of rotatable bonds is 3. The van der Waals surface area contributed by atoms with Crippen LogP contribution in [0.4, 0.5) is 15.8 Å². The van der Waals surface area contributed by atoms with Crippen molar-refractivity contribution in [3.05, 3.63) is 43.8 Å². The molecule has 0 atom stereocenters. The summed E-state index contributed by atoms with van der Waals surface area (Å²) in [6.07, 6.45) is 0. The highest BCUT2D eigenvalue weighted by Gasteiger charge is 2.07. The van der Waals surface area contributed by atoms with Crippen LogP contribution in [0.3, 0.4) is 0 Å². The molecule has 0 fully saturated rings. The summed E-state index contributed by atoms with van der Waals surface area (Å²) in [6.45, 7) is 0.587. The Morgan fingerprint density at radius 2 is 2.24 bits per heavy atom. The molecule has 90 valence electrons. The van der Waals surface area contributed by atoms with E-state index in [0.29, 0.717) is 17.9 Å². The summed E-state index contributed by atoms with van der Waals surface area (Å²) in [7, 11) is 0. The van der Waals surface area contributed by atoms with Gasteiger partial charge < -0.3 is 11.1 Å². The van der Waals surface area contributed by atoms with Crippen LogP contribution in [-0.2, 0) is 6.54 Å². The van der Waals surface area contributed by atoms with E-state index in [-0.39, 0.29) is 5.02 Å². The quantitative estimate of drug-likeness (QED) is 0.811. The maximum absolute atomic E-state index is 13.3. The van der Waals surface area contributed by atoms with Gasteiger partial charge in [-0.25, -0.2) is 4.39 Å². The molecule has 1 aromatic carbocycles. The zero-order valence-electron chi connectivity index (χ0n) is 8.64. The van der Waals surface area contributed by atoms with Gasteiger partial charge in [0.25, 0.3) is 0 Å². The van der Waals surface area contributed by atoms with Crippen LogP contribution >= 0.6 is 38.9 Å². The number of nitrogen functional groups attached to an aromatic ring is 1. The second-order valence-corrected chi connectivity index (χ2v) is 5.66. The van der Waals surface area contributed by atoms with E-state index in [1.165, 1.54) is 12.1 Å². The van der Waals surface area contributed by atoms with Crippen LogP contribution in [0.25, 0.3) is 0 Å². The van der Waals surface area contributed by atoms with E-state index in [9.17, 15) is 4.39 Å². The average molecular weight is 336 g/mol. The summed E-state index contributed by atoms with van der Waals surface area (Å²) in [5.74, 6) is -0.478. The second kappa shape index (κ2) is 5.25. The molecule has 0 aliphatic carbocycles. The van der Waals surface area contributed by atoms with E-state index < -0.39 is 5.82 Å². The van der Waals surface area contributed by atoms with E-state index in [1.54, 1.807) is 11.3 Å². The minimum Gasteiger partial charge on any atom is -0.397 e. The maximum atomic E-state index is 13.3. The number of hydrogen-bond acceptors (Lipinski definition) is 3. The fourth-order valence-electron chi connectivity index (χ4n) is 1.34. The van der Waals surface area contributed by atoms with Gasteiger partial charge in [-0.05, 0) is 33.4 Å². The fraction of sp³-hybridized carbons (Fsp3) is 0.0909. The van der Waals surface area contributed by atoms with Crippen LogP contribution in [0.5, 0.6) is 0 Å². The van der Waals surface area contributed by atoms with Crippen molar-refractivity contribution in [2.24, 2.45) is 0 Å². The van der Waals surface area contributed by atoms with Crippen LogP contribution in [0, 0.1) is 5.82 Å². The van der Waals surface area contributed by atoms with Crippen LogP contribution in [0.15, 0.2) is 28.1 Å². The van der Waals surface area contributed by atoms with Gasteiger partial charge in [0.05, 0.1) is 22.9 Å². The highest BCUT2D eigenvalue weighted by molar-refractivity contribution is 9.10. The zero-order chi connectivity index (χ0) is 12.4. The van der Waals surface area contributed by atoms with Crippen molar-refractivity contribution in [2.45, 2.75) is 6.54 Å². The molecule has 0 saturated carbocycles. The van der Waals surface area contributed by atoms with Gasteiger partial charge >= 0.3 is 0 Å². The Labute approximate surface area is 116 Å². The van der Waals surface area contributed by atoms with Crippen LogP contribution < -0.4 is 11.1 Å². The molecule has 17 heavy (non-hydrogen) atoms. The fourth-order valence-corrected chi connectivity index (χ4v) is 2.95. The Hall–Kier alpha value is -0.780. The first kappa shape index (κ1) is 12.7. The molecule has 0 unspecified atom stereocenters. The molecule has 0 amide bonds. The highest BCUT2D eigenvalue weighted by Crippen LogP contribution is 2.28. The molecule has 2 aromatic rings. The highest BCUT2D eigenvalue weighted by atomic mass is 79.9. The third kappa shape index (κ3) is 2.91. The topological polar surface area (TPSA) is 38.0 Å². The van der Waals surface area contributed by atoms with Gasteiger partial charge in [0.2, 0.25) is 0 Å². The zero-order valence-corrected chi connectivity index (χ0v) is 11.8. The molecule has 0 saturated heterocycles. The minimum atomic E-state index is -0.478. The number of halogens is 3. The molecule has 0 aliphatic heterocycles. The summed E-state index contributed by atoms with van der Waals surface area (Å²) in [5.41, 5.74) is 6.73. The molecule has 0 aliphatic rings. The summed E-state index contributed by atoms with van der Waals surface area (Å²) in [6, 6.07) is 4.68. The third-order valence-electron chi connectivity index (χ3n) is 2.22. The summed E-state index contributed by atoms with van der Waals surface area (Å²) in [4.78, 5) is 1.12. The van der Waals surface area contributed by atoms with Crippen molar-refractivity contribution in [3.8, 4) is 0 Å². The van der Waals surface area contributed by atoms with Gasteiger partial charge in [-0.15, -0.1) is 11.3 Å². The summed E-state index contributed by atoms with van der Waals surface area (Å²) < 4.78 is 14.3. The predicted octanol–water partition coefficient (Wildman–Crippen LogP) is 4.50. The first-order chi connectivity index (χ1) is 8.08. The molecular weight excluding hydrogens is 327 g/mol. The van der Waals surface area contributed by atoms with E-state index in [0.717, 1.165) is 9.35 Å². The van der Waals surface area contributed by atoms with Gasteiger partial charge in [-0.2, -0.15) is 0 Å². The Balaban J connectivity index is 2.14.